The van der Waals surface area contributed by atoms with Gasteiger partial charge in [0.15, 0.2) is 0 Å². The van der Waals surface area contributed by atoms with E-state index in [0.717, 1.165) is 30.4 Å². The third-order valence-electron chi connectivity index (χ3n) is 5.86. The maximum atomic E-state index is 13.6. The number of halogens is 2. The van der Waals surface area contributed by atoms with Gasteiger partial charge < -0.3 is 5.32 Å². The minimum absolute atomic E-state index is 0.275. The lowest BCUT2D eigenvalue weighted by atomic mass is 9.77. The minimum Gasteiger partial charge on any atom is -0.314 e. The van der Waals surface area contributed by atoms with Crippen molar-refractivity contribution in [1.29, 1.82) is 0 Å². The summed E-state index contributed by atoms with van der Waals surface area (Å²) in [6.07, 6.45) is 13.1. The quantitative estimate of drug-likeness (QED) is 0.688. The van der Waals surface area contributed by atoms with Crippen molar-refractivity contribution in [3.05, 3.63) is 34.6 Å². The van der Waals surface area contributed by atoms with Crippen molar-refractivity contribution in [1.82, 2.24) is 5.32 Å². The van der Waals surface area contributed by atoms with Gasteiger partial charge in [-0.3, -0.25) is 0 Å². The van der Waals surface area contributed by atoms with Gasteiger partial charge in [-0.25, -0.2) is 4.39 Å². The largest absolute Gasteiger partial charge is 0.314 e. The Bertz CT molecular complexity index is 490. The van der Waals surface area contributed by atoms with E-state index in [1.54, 1.807) is 6.07 Å². The van der Waals surface area contributed by atoms with Crippen LogP contribution in [-0.2, 0) is 0 Å². The average Bonchev–Trinajstić information content (AvgIpc) is 2.59. The van der Waals surface area contributed by atoms with E-state index >= 15 is 0 Å². The molecule has 0 unspecified atom stereocenters. The molecule has 0 aromatic heterocycles. The van der Waals surface area contributed by atoms with Crippen LogP contribution in [0.4, 0.5) is 4.39 Å². The van der Waals surface area contributed by atoms with E-state index in [1.807, 2.05) is 6.07 Å². The predicted octanol–water partition coefficient (Wildman–Crippen LogP) is 6.07. The number of hydrogen-bond acceptors (Lipinski definition) is 1. The first-order chi connectivity index (χ1) is 11.2. The molecule has 2 aliphatic rings. The Morgan fingerprint density at radius 3 is 2.48 bits per heavy atom. The summed E-state index contributed by atoms with van der Waals surface area (Å²) in [6, 6.07) is 6.01. The predicted molar refractivity (Wildman–Crippen MR) is 95.6 cm³/mol. The topological polar surface area (TPSA) is 12.0 Å². The van der Waals surface area contributed by atoms with E-state index in [0.29, 0.717) is 10.9 Å². The van der Waals surface area contributed by atoms with Gasteiger partial charge in [0.05, 0.1) is 5.02 Å². The molecule has 3 heteroatoms. The van der Waals surface area contributed by atoms with Crippen LogP contribution in [0.25, 0.3) is 0 Å². The summed E-state index contributed by atoms with van der Waals surface area (Å²) in [7, 11) is 0. The number of benzene rings is 1. The van der Waals surface area contributed by atoms with Crippen molar-refractivity contribution in [2.24, 2.45) is 5.92 Å². The molecule has 23 heavy (non-hydrogen) atoms. The van der Waals surface area contributed by atoms with Crippen LogP contribution < -0.4 is 5.32 Å². The summed E-state index contributed by atoms with van der Waals surface area (Å²) in [5.74, 6) is 0.999. The fourth-order valence-corrected chi connectivity index (χ4v) is 4.68. The highest BCUT2D eigenvalue weighted by molar-refractivity contribution is 6.31. The minimum atomic E-state index is -0.275. The molecule has 0 spiro atoms. The van der Waals surface area contributed by atoms with Gasteiger partial charge in [-0.15, -0.1) is 0 Å². The highest BCUT2D eigenvalue weighted by Crippen LogP contribution is 2.40. The zero-order chi connectivity index (χ0) is 16.1. The van der Waals surface area contributed by atoms with Crippen molar-refractivity contribution in [2.45, 2.75) is 76.2 Å². The highest BCUT2D eigenvalue weighted by atomic mass is 35.5. The van der Waals surface area contributed by atoms with Gasteiger partial charge in [0.1, 0.15) is 5.82 Å². The fourth-order valence-electron chi connectivity index (χ4n) is 4.40. The Hall–Kier alpha value is -0.600. The molecular formula is C20H29ClFN. The smallest absolute Gasteiger partial charge is 0.142 e. The van der Waals surface area contributed by atoms with Crippen LogP contribution in [0.3, 0.4) is 0 Å². The van der Waals surface area contributed by atoms with Crippen LogP contribution >= 0.6 is 11.6 Å². The molecule has 128 valence electrons. The SMILES string of the molecule is Fc1cccc(C2CCC(CCNC3CCCCC3)CC2)c1Cl. The molecule has 0 radical (unpaired) electrons. The summed E-state index contributed by atoms with van der Waals surface area (Å²) in [6.45, 7) is 1.17. The van der Waals surface area contributed by atoms with Crippen LogP contribution in [0.2, 0.25) is 5.02 Å². The maximum Gasteiger partial charge on any atom is 0.142 e. The first-order valence-electron chi connectivity index (χ1n) is 9.41. The second kappa shape index (κ2) is 8.48. The fraction of sp³-hybridized carbons (Fsp3) is 0.700. The molecule has 0 heterocycles. The molecule has 1 N–H and O–H groups in total. The molecule has 1 aromatic rings. The molecule has 1 nitrogen and oxygen atoms in total. The highest BCUT2D eigenvalue weighted by Gasteiger charge is 2.24. The monoisotopic (exact) mass is 337 g/mol. The van der Waals surface area contributed by atoms with Gasteiger partial charge in [-0.1, -0.05) is 43.0 Å². The van der Waals surface area contributed by atoms with Crippen molar-refractivity contribution in [3.8, 4) is 0 Å². The zero-order valence-electron chi connectivity index (χ0n) is 14.0. The Labute approximate surface area is 145 Å². The normalized spacial score (nSPS) is 26.3. The second-order valence-corrected chi connectivity index (χ2v) is 7.82. The van der Waals surface area contributed by atoms with Gasteiger partial charge in [-0.05, 0) is 75.0 Å². The first-order valence-corrected chi connectivity index (χ1v) is 9.79. The molecule has 3 rings (SSSR count). The average molecular weight is 338 g/mol. The number of nitrogens with one attached hydrogen (secondary N) is 1. The van der Waals surface area contributed by atoms with Gasteiger partial charge >= 0.3 is 0 Å². The number of rotatable bonds is 5. The van der Waals surface area contributed by atoms with E-state index in [1.165, 1.54) is 64.0 Å². The van der Waals surface area contributed by atoms with Crippen LogP contribution in [0.1, 0.15) is 75.7 Å². The van der Waals surface area contributed by atoms with Crippen LogP contribution in [0, 0.1) is 11.7 Å². The van der Waals surface area contributed by atoms with Gasteiger partial charge in [0, 0.05) is 6.04 Å². The van der Waals surface area contributed by atoms with Crippen molar-refractivity contribution in [2.75, 3.05) is 6.54 Å². The molecule has 2 aliphatic carbocycles. The lowest BCUT2D eigenvalue weighted by Crippen LogP contribution is -2.32. The molecule has 2 fully saturated rings. The Balaban J connectivity index is 1.40. The van der Waals surface area contributed by atoms with Gasteiger partial charge in [0.25, 0.3) is 0 Å². The standard InChI is InChI=1S/C20H29ClFN/c21-20-18(7-4-8-19(20)22)16-11-9-15(10-12-16)13-14-23-17-5-2-1-3-6-17/h4,7-8,15-17,23H,1-3,5-6,9-14H2. The summed E-state index contributed by atoms with van der Waals surface area (Å²) in [5, 5.41) is 4.10. The Morgan fingerprint density at radius 2 is 1.74 bits per heavy atom. The third-order valence-corrected chi connectivity index (χ3v) is 6.26. The van der Waals surface area contributed by atoms with Gasteiger partial charge in [0.2, 0.25) is 0 Å². The zero-order valence-corrected chi connectivity index (χ0v) is 14.8. The summed E-state index contributed by atoms with van der Waals surface area (Å²) < 4.78 is 13.6. The molecule has 1 aromatic carbocycles. The molecule has 0 aliphatic heterocycles. The van der Waals surface area contributed by atoms with Crippen LogP contribution in [-0.4, -0.2) is 12.6 Å². The van der Waals surface area contributed by atoms with Crippen molar-refractivity contribution < 1.29 is 4.39 Å². The van der Waals surface area contributed by atoms with Crippen molar-refractivity contribution >= 4 is 11.6 Å². The maximum absolute atomic E-state index is 13.6. The second-order valence-electron chi connectivity index (χ2n) is 7.44. The molecule has 0 bridgehead atoms. The van der Waals surface area contributed by atoms with Crippen molar-refractivity contribution in [3.63, 3.8) is 0 Å². The Morgan fingerprint density at radius 1 is 1.00 bits per heavy atom. The summed E-state index contributed by atoms with van der Waals surface area (Å²) in [4.78, 5) is 0. The lowest BCUT2D eigenvalue weighted by molar-refractivity contribution is 0.293. The molecular weight excluding hydrogens is 309 g/mol. The third kappa shape index (κ3) is 4.70. The Kier molecular flexibility index (Phi) is 6.36. The molecule has 0 saturated heterocycles. The first kappa shape index (κ1) is 17.2. The summed E-state index contributed by atoms with van der Waals surface area (Å²) >= 11 is 6.15. The number of hydrogen-bond donors (Lipinski definition) is 1. The lowest BCUT2D eigenvalue weighted by Gasteiger charge is -2.30. The molecule has 2 saturated carbocycles. The van der Waals surface area contributed by atoms with Crippen LogP contribution in [0.15, 0.2) is 18.2 Å². The summed E-state index contributed by atoms with van der Waals surface area (Å²) in [5.41, 5.74) is 1.02. The van der Waals surface area contributed by atoms with E-state index in [-0.39, 0.29) is 5.82 Å². The molecule has 0 atom stereocenters. The molecule has 0 amide bonds. The van der Waals surface area contributed by atoms with E-state index < -0.39 is 0 Å². The van der Waals surface area contributed by atoms with Crippen LogP contribution in [0.5, 0.6) is 0 Å². The van der Waals surface area contributed by atoms with Gasteiger partial charge in [-0.2, -0.15) is 0 Å². The van der Waals surface area contributed by atoms with E-state index in [9.17, 15) is 4.39 Å². The van der Waals surface area contributed by atoms with E-state index in [4.69, 9.17) is 11.6 Å². The van der Waals surface area contributed by atoms with E-state index in [2.05, 4.69) is 5.32 Å².